The second-order valence-corrected chi connectivity index (χ2v) is 13.2. The summed E-state index contributed by atoms with van der Waals surface area (Å²) >= 11 is 0. The standard InChI is InChI=1S/C35H48N6O5/c1-9-35(7,8)46-33(43)40(26-14-16-27(17-15-26)44-10-2)31-24(3)30(28(23-36)29-19-21-38-41(29)31)37-20-18-25-13-11-12-22-39(25)32(42)45-34(4,5)6/h14-17,19,21,25,37H,9-13,18,20,22H2,1-8H3. The van der Waals surface area contributed by atoms with E-state index >= 15 is 0 Å². The van der Waals surface area contributed by atoms with E-state index in [1.165, 1.54) is 4.90 Å². The largest absolute Gasteiger partial charge is 0.494 e. The van der Waals surface area contributed by atoms with Crippen LogP contribution in [0.25, 0.3) is 5.52 Å². The molecule has 1 fully saturated rings. The summed E-state index contributed by atoms with van der Waals surface area (Å²) in [7, 11) is 0. The number of nitriles is 1. The van der Waals surface area contributed by atoms with Gasteiger partial charge in [-0.2, -0.15) is 10.4 Å². The van der Waals surface area contributed by atoms with Crippen LogP contribution in [0.4, 0.5) is 26.8 Å². The highest BCUT2D eigenvalue weighted by Crippen LogP contribution is 2.38. The van der Waals surface area contributed by atoms with Gasteiger partial charge in [0.15, 0.2) is 0 Å². The van der Waals surface area contributed by atoms with E-state index in [2.05, 4.69) is 16.5 Å². The van der Waals surface area contributed by atoms with Crippen LogP contribution < -0.4 is 15.0 Å². The molecule has 2 amide bonds. The smallest absolute Gasteiger partial charge is 0.420 e. The van der Waals surface area contributed by atoms with Gasteiger partial charge in [-0.3, -0.25) is 0 Å². The van der Waals surface area contributed by atoms with Crippen molar-refractivity contribution < 1.29 is 23.8 Å². The first-order chi connectivity index (χ1) is 21.8. The first-order valence-corrected chi connectivity index (χ1v) is 16.2. The number of ether oxygens (including phenoxy) is 3. The molecule has 3 heterocycles. The van der Waals surface area contributed by atoms with Crippen LogP contribution in [0, 0.1) is 18.3 Å². The second kappa shape index (κ2) is 14.3. The summed E-state index contributed by atoms with van der Waals surface area (Å²) in [4.78, 5) is 30.4. The van der Waals surface area contributed by atoms with E-state index in [4.69, 9.17) is 14.2 Å². The Bertz CT molecular complexity index is 1570. The fourth-order valence-corrected chi connectivity index (χ4v) is 5.60. The Morgan fingerprint density at radius 3 is 2.43 bits per heavy atom. The molecule has 248 valence electrons. The zero-order chi connectivity index (χ0) is 33.6. The van der Waals surface area contributed by atoms with Gasteiger partial charge >= 0.3 is 12.2 Å². The molecular weight excluding hydrogens is 584 g/mol. The Balaban J connectivity index is 1.73. The number of hydrogen-bond donors (Lipinski definition) is 1. The molecule has 4 rings (SSSR count). The topological polar surface area (TPSA) is 121 Å². The van der Waals surface area contributed by atoms with Crippen LogP contribution in [-0.4, -0.2) is 63.6 Å². The van der Waals surface area contributed by atoms with Crippen molar-refractivity contribution in [2.24, 2.45) is 0 Å². The molecule has 1 N–H and O–H groups in total. The van der Waals surface area contributed by atoms with Crippen LogP contribution in [-0.2, 0) is 9.47 Å². The normalized spacial score (nSPS) is 15.3. The van der Waals surface area contributed by atoms with E-state index in [-0.39, 0.29) is 12.1 Å². The highest BCUT2D eigenvalue weighted by atomic mass is 16.6. The first-order valence-electron chi connectivity index (χ1n) is 16.2. The average molecular weight is 633 g/mol. The molecule has 1 aliphatic heterocycles. The Kier molecular flexibility index (Phi) is 10.7. The lowest BCUT2D eigenvalue weighted by Gasteiger charge is -2.37. The predicted molar refractivity (Wildman–Crippen MR) is 179 cm³/mol. The molecule has 1 unspecified atom stereocenters. The molecule has 3 aromatic rings. The number of carbonyl (C=O) groups is 2. The van der Waals surface area contributed by atoms with Gasteiger partial charge in [-0.05, 0) is 111 Å². The van der Waals surface area contributed by atoms with Gasteiger partial charge in [-0.1, -0.05) is 6.92 Å². The number of amides is 2. The maximum Gasteiger partial charge on any atom is 0.420 e. The van der Waals surface area contributed by atoms with Gasteiger partial charge in [0.2, 0.25) is 0 Å². The number of aromatic nitrogens is 2. The summed E-state index contributed by atoms with van der Waals surface area (Å²) in [6.07, 6.45) is 4.88. The molecule has 1 atom stereocenters. The summed E-state index contributed by atoms with van der Waals surface area (Å²) in [6.45, 7) is 16.8. The molecule has 1 aromatic carbocycles. The summed E-state index contributed by atoms with van der Waals surface area (Å²) in [5, 5.41) is 18.4. The number of fused-ring (bicyclic) bond motifs is 1. The zero-order valence-corrected chi connectivity index (χ0v) is 28.5. The summed E-state index contributed by atoms with van der Waals surface area (Å²) < 4.78 is 19.0. The van der Waals surface area contributed by atoms with E-state index < -0.39 is 17.3 Å². The van der Waals surface area contributed by atoms with Gasteiger partial charge in [0.1, 0.15) is 34.4 Å². The molecule has 0 spiro atoms. The highest BCUT2D eigenvalue weighted by Gasteiger charge is 2.33. The SMILES string of the molecule is CCOc1ccc(N(C(=O)OC(C)(C)CC)c2c(C)c(NCCC3CCCCN3C(=O)OC(C)(C)C)c(C#N)c3ccnn23)cc1. The van der Waals surface area contributed by atoms with Gasteiger partial charge in [-0.15, -0.1) is 0 Å². The first kappa shape index (κ1) is 34.4. The number of nitrogens with one attached hydrogen (secondary N) is 1. The number of nitrogens with zero attached hydrogens (tertiary/aromatic N) is 5. The van der Waals surface area contributed by atoms with Crippen molar-refractivity contribution in [3.05, 3.63) is 47.7 Å². The van der Waals surface area contributed by atoms with E-state index in [1.807, 2.05) is 72.4 Å². The van der Waals surface area contributed by atoms with Crippen LogP contribution in [0.3, 0.4) is 0 Å². The maximum atomic E-state index is 14.0. The van der Waals surface area contributed by atoms with Gasteiger partial charge < -0.3 is 24.4 Å². The monoisotopic (exact) mass is 632 g/mol. The Labute approximate surface area is 272 Å². The third-order valence-electron chi connectivity index (χ3n) is 8.22. The van der Waals surface area contributed by atoms with Crippen molar-refractivity contribution in [1.29, 1.82) is 5.26 Å². The van der Waals surface area contributed by atoms with E-state index in [0.717, 1.165) is 19.3 Å². The third-order valence-corrected chi connectivity index (χ3v) is 8.22. The van der Waals surface area contributed by atoms with Gasteiger partial charge in [0.25, 0.3) is 0 Å². The minimum atomic E-state index is -0.717. The fourth-order valence-electron chi connectivity index (χ4n) is 5.60. The quantitative estimate of drug-likeness (QED) is 0.239. The molecule has 1 aliphatic rings. The Morgan fingerprint density at radius 2 is 1.80 bits per heavy atom. The van der Waals surface area contributed by atoms with Crippen molar-refractivity contribution >= 4 is 34.9 Å². The minimum absolute atomic E-state index is 0.00622. The lowest BCUT2D eigenvalue weighted by Crippen LogP contribution is -2.46. The molecule has 46 heavy (non-hydrogen) atoms. The van der Waals surface area contributed by atoms with Gasteiger partial charge in [-0.25, -0.2) is 19.0 Å². The molecule has 0 radical (unpaired) electrons. The molecule has 0 aliphatic carbocycles. The van der Waals surface area contributed by atoms with Gasteiger partial charge in [0, 0.05) is 24.7 Å². The highest BCUT2D eigenvalue weighted by molar-refractivity contribution is 5.98. The van der Waals surface area contributed by atoms with Crippen LogP contribution >= 0.6 is 0 Å². The second-order valence-electron chi connectivity index (χ2n) is 13.2. The summed E-state index contributed by atoms with van der Waals surface area (Å²) in [6, 6.07) is 11.3. The number of rotatable bonds is 10. The van der Waals surface area contributed by atoms with Crippen LogP contribution in [0.15, 0.2) is 36.5 Å². The fraction of sp³-hybridized carbons (Fsp3) is 0.543. The molecule has 11 heteroatoms. The lowest BCUT2D eigenvalue weighted by molar-refractivity contribution is 0.00926. The molecule has 2 aromatic heterocycles. The van der Waals surface area contributed by atoms with Crippen LogP contribution in [0.5, 0.6) is 5.75 Å². The van der Waals surface area contributed by atoms with Crippen molar-refractivity contribution in [3.8, 4) is 11.8 Å². The van der Waals surface area contributed by atoms with Crippen LogP contribution in [0.2, 0.25) is 0 Å². The van der Waals surface area contributed by atoms with Gasteiger partial charge in [0.05, 0.1) is 29.7 Å². The number of benzene rings is 1. The number of hydrogen-bond acceptors (Lipinski definition) is 8. The summed E-state index contributed by atoms with van der Waals surface area (Å²) in [5.41, 5.74) is 1.49. The summed E-state index contributed by atoms with van der Waals surface area (Å²) in [5.74, 6) is 1.13. The molecule has 11 nitrogen and oxygen atoms in total. The van der Waals surface area contributed by atoms with Crippen molar-refractivity contribution in [1.82, 2.24) is 14.5 Å². The zero-order valence-electron chi connectivity index (χ0n) is 28.5. The van der Waals surface area contributed by atoms with Crippen molar-refractivity contribution in [3.63, 3.8) is 0 Å². The number of pyridine rings is 1. The minimum Gasteiger partial charge on any atom is -0.494 e. The van der Waals surface area contributed by atoms with Crippen LogP contribution in [0.1, 0.15) is 91.7 Å². The molecule has 0 saturated carbocycles. The number of anilines is 3. The number of carbonyl (C=O) groups excluding carboxylic acids is 2. The predicted octanol–water partition coefficient (Wildman–Crippen LogP) is 7.97. The average Bonchev–Trinajstić information content (AvgIpc) is 3.48. The van der Waals surface area contributed by atoms with E-state index in [9.17, 15) is 14.9 Å². The Morgan fingerprint density at radius 1 is 1.09 bits per heavy atom. The lowest BCUT2D eigenvalue weighted by atomic mass is 9.99. The Hall–Kier alpha value is -4.46. The maximum absolute atomic E-state index is 14.0. The number of piperidine rings is 1. The van der Waals surface area contributed by atoms with E-state index in [1.54, 1.807) is 28.9 Å². The van der Waals surface area contributed by atoms with Crippen molar-refractivity contribution in [2.75, 3.05) is 29.9 Å². The molecule has 0 bridgehead atoms. The molecule has 1 saturated heterocycles. The van der Waals surface area contributed by atoms with Crippen molar-refractivity contribution in [2.45, 2.75) is 105 Å². The third kappa shape index (κ3) is 7.84. The van der Waals surface area contributed by atoms with E-state index in [0.29, 0.717) is 72.1 Å². The number of likely N-dealkylation sites (tertiary alicyclic amines) is 1. The molecular formula is C35H48N6O5.